The number of aliphatic hydroxyl groups is 1. The first kappa shape index (κ1) is 16.7. The summed E-state index contributed by atoms with van der Waals surface area (Å²) < 4.78 is 33.3. The summed E-state index contributed by atoms with van der Waals surface area (Å²) in [5.74, 6) is -1.22. The molecule has 1 aromatic heterocycles. The van der Waals surface area contributed by atoms with Gasteiger partial charge in [0, 0.05) is 20.2 Å². The third kappa shape index (κ3) is 3.22. The lowest BCUT2D eigenvalue weighted by molar-refractivity contribution is -0.0674. The maximum absolute atomic E-state index is 13.3. The van der Waals surface area contributed by atoms with Crippen LogP contribution in [0.15, 0.2) is 18.2 Å². The van der Waals surface area contributed by atoms with Crippen LogP contribution < -0.4 is 4.90 Å². The van der Waals surface area contributed by atoms with E-state index in [0.29, 0.717) is 37.4 Å². The third-order valence-electron chi connectivity index (χ3n) is 4.51. The standard InChI is InChI=1S/C15H19F2N5O2/c1-24-15(10-23)4-6-21(7-5-15)14-18-19-20-22(14)9-11-2-3-12(16)13(17)8-11/h2-3,8,23H,4-7,9-10H2,1H3. The molecule has 130 valence electrons. The molecule has 1 aromatic carbocycles. The number of aromatic nitrogens is 4. The minimum absolute atomic E-state index is 0.0306. The van der Waals surface area contributed by atoms with Crippen molar-refractivity contribution in [2.75, 3.05) is 31.7 Å². The molecule has 3 rings (SSSR count). The molecule has 0 amide bonds. The van der Waals surface area contributed by atoms with E-state index in [-0.39, 0.29) is 13.2 Å². The fourth-order valence-electron chi connectivity index (χ4n) is 2.88. The monoisotopic (exact) mass is 339 g/mol. The molecule has 9 heteroatoms. The number of hydrogen-bond donors (Lipinski definition) is 1. The van der Waals surface area contributed by atoms with Crippen LogP contribution in [-0.2, 0) is 11.3 Å². The van der Waals surface area contributed by atoms with E-state index < -0.39 is 17.2 Å². The number of tetrazole rings is 1. The van der Waals surface area contributed by atoms with Crippen molar-refractivity contribution in [3.8, 4) is 0 Å². The number of piperidine rings is 1. The first-order valence-electron chi connectivity index (χ1n) is 7.68. The van der Waals surface area contributed by atoms with Crippen LogP contribution in [0.3, 0.4) is 0 Å². The molecule has 0 aliphatic carbocycles. The number of aliphatic hydroxyl groups excluding tert-OH is 1. The molecule has 0 atom stereocenters. The maximum Gasteiger partial charge on any atom is 0.245 e. The average Bonchev–Trinajstić information content (AvgIpc) is 3.06. The van der Waals surface area contributed by atoms with Crippen LogP contribution in [-0.4, -0.2) is 57.7 Å². The highest BCUT2D eigenvalue weighted by Crippen LogP contribution is 2.27. The van der Waals surface area contributed by atoms with Crippen LogP contribution in [0.2, 0.25) is 0 Å². The Morgan fingerprint density at radius 1 is 1.25 bits per heavy atom. The molecule has 1 aliphatic rings. The van der Waals surface area contributed by atoms with Crippen molar-refractivity contribution in [2.45, 2.75) is 25.0 Å². The number of halogens is 2. The van der Waals surface area contributed by atoms with E-state index in [2.05, 4.69) is 15.5 Å². The van der Waals surface area contributed by atoms with Gasteiger partial charge in [0.1, 0.15) is 0 Å². The van der Waals surface area contributed by atoms with Gasteiger partial charge >= 0.3 is 0 Å². The highest BCUT2D eigenvalue weighted by atomic mass is 19.2. The van der Waals surface area contributed by atoms with E-state index in [9.17, 15) is 13.9 Å². The summed E-state index contributed by atoms with van der Waals surface area (Å²) in [7, 11) is 1.60. The van der Waals surface area contributed by atoms with Crippen LogP contribution in [0.25, 0.3) is 0 Å². The third-order valence-corrected chi connectivity index (χ3v) is 4.51. The lowest BCUT2D eigenvalue weighted by atomic mass is 9.92. The molecule has 1 N–H and O–H groups in total. The van der Waals surface area contributed by atoms with Crippen molar-refractivity contribution in [3.63, 3.8) is 0 Å². The van der Waals surface area contributed by atoms with E-state index in [0.717, 1.165) is 12.1 Å². The van der Waals surface area contributed by atoms with Gasteiger partial charge in [0.2, 0.25) is 5.95 Å². The Bertz CT molecular complexity index is 695. The zero-order valence-corrected chi connectivity index (χ0v) is 13.3. The van der Waals surface area contributed by atoms with Crippen molar-refractivity contribution in [1.82, 2.24) is 20.2 Å². The van der Waals surface area contributed by atoms with E-state index in [4.69, 9.17) is 4.74 Å². The van der Waals surface area contributed by atoms with Crippen molar-refractivity contribution in [1.29, 1.82) is 0 Å². The molecule has 0 saturated carbocycles. The summed E-state index contributed by atoms with van der Waals surface area (Å²) in [5.41, 5.74) is 0.0514. The molecule has 1 aliphatic heterocycles. The highest BCUT2D eigenvalue weighted by Gasteiger charge is 2.35. The zero-order chi connectivity index (χ0) is 17.2. The summed E-state index contributed by atoms with van der Waals surface area (Å²) in [4.78, 5) is 1.99. The Balaban J connectivity index is 1.73. The molecule has 0 spiro atoms. The van der Waals surface area contributed by atoms with Gasteiger partial charge in [-0.05, 0) is 41.0 Å². The molecule has 0 bridgehead atoms. The zero-order valence-electron chi connectivity index (χ0n) is 13.3. The summed E-state index contributed by atoms with van der Waals surface area (Å²) in [6.45, 7) is 1.47. The van der Waals surface area contributed by atoms with Crippen molar-refractivity contribution in [3.05, 3.63) is 35.4 Å². The number of rotatable bonds is 5. The lowest BCUT2D eigenvalue weighted by Gasteiger charge is -2.39. The van der Waals surface area contributed by atoms with E-state index in [1.807, 2.05) is 4.90 Å². The Kier molecular flexibility index (Phi) is 4.72. The Hall–Kier alpha value is -2.13. The fraction of sp³-hybridized carbons (Fsp3) is 0.533. The maximum atomic E-state index is 13.3. The second-order valence-corrected chi connectivity index (χ2v) is 5.92. The summed E-state index contributed by atoms with van der Waals surface area (Å²) in [6, 6.07) is 3.73. The predicted molar refractivity (Wildman–Crippen MR) is 81.5 cm³/mol. The fourth-order valence-corrected chi connectivity index (χ4v) is 2.88. The highest BCUT2D eigenvalue weighted by molar-refractivity contribution is 5.31. The SMILES string of the molecule is COC1(CO)CCN(c2nnnn2Cc2ccc(F)c(F)c2)CC1. The second-order valence-electron chi connectivity index (χ2n) is 5.92. The smallest absolute Gasteiger partial charge is 0.245 e. The number of ether oxygens (including phenoxy) is 1. The first-order chi connectivity index (χ1) is 11.6. The minimum Gasteiger partial charge on any atom is -0.393 e. The topological polar surface area (TPSA) is 76.3 Å². The van der Waals surface area contributed by atoms with Gasteiger partial charge in [0.05, 0.1) is 18.8 Å². The molecule has 0 radical (unpaired) electrons. The number of methoxy groups -OCH3 is 1. The molecule has 2 aromatic rings. The molecule has 0 unspecified atom stereocenters. The lowest BCUT2D eigenvalue weighted by Crippen LogP contribution is -2.48. The van der Waals surface area contributed by atoms with Gasteiger partial charge in [-0.1, -0.05) is 11.2 Å². The largest absolute Gasteiger partial charge is 0.393 e. The molecule has 2 heterocycles. The van der Waals surface area contributed by atoms with E-state index in [1.165, 1.54) is 6.07 Å². The van der Waals surface area contributed by atoms with Crippen LogP contribution in [0.5, 0.6) is 0 Å². The first-order valence-corrected chi connectivity index (χ1v) is 7.68. The van der Waals surface area contributed by atoms with Gasteiger partial charge in [0.25, 0.3) is 0 Å². The molecule has 7 nitrogen and oxygen atoms in total. The number of hydrogen-bond acceptors (Lipinski definition) is 6. The number of nitrogens with zero attached hydrogens (tertiary/aromatic N) is 5. The summed E-state index contributed by atoms with van der Waals surface area (Å²) >= 11 is 0. The van der Waals surface area contributed by atoms with Gasteiger partial charge in [-0.25, -0.2) is 13.5 Å². The molecular formula is C15H19F2N5O2. The van der Waals surface area contributed by atoms with Crippen LogP contribution in [0.4, 0.5) is 14.7 Å². The second kappa shape index (κ2) is 6.78. The number of benzene rings is 1. The van der Waals surface area contributed by atoms with Crippen molar-refractivity contribution in [2.24, 2.45) is 0 Å². The van der Waals surface area contributed by atoms with Crippen molar-refractivity contribution < 1.29 is 18.6 Å². The quantitative estimate of drug-likeness (QED) is 0.875. The van der Waals surface area contributed by atoms with Crippen LogP contribution >= 0.6 is 0 Å². The molecule has 1 fully saturated rings. The van der Waals surface area contributed by atoms with E-state index >= 15 is 0 Å². The van der Waals surface area contributed by atoms with E-state index in [1.54, 1.807) is 11.8 Å². The summed E-state index contributed by atoms with van der Waals surface area (Å²) in [5, 5.41) is 21.1. The van der Waals surface area contributed by atoms with Gasteiger partial charge in [-0.3, -0.25) is 0 Å². The Morgan fingerprint density at radius 2 is 2.00 bits per heavy atom. The summed E-state index contributed by atoms with van der Waals surface area (Å²) in [6.07, 6.45) is 1.30. The van der Waals surface area contributed by atoms with Gasteiger partial charge in [-0.2, -0.15) is 0 Å². The molecular weight excluding hydrogens is 320 g/mol. The minimum atomic E-state index is -0.895. The van der Waals surface area contributed by atoms with Crippen LogP contribution in [0.1, 0.15) is 18.4 Å². The van der Waals surface area contributed by atoms with Gasteiger partial charge in [0.15, 0.2) is 11.6 Å². The Labute approximate surface area is 137 Å². The normalized spacial score (nSPS) is 17.2. The van der Waals surface area contributed by atoms with Gasteiger partial charge in [-0.15, -0.1) is 0 Å². The average molecular weight is 339 g/mol. The number of anilines is 1. The van der Waals surface area contributed by atoms with Crippen LogP contribution in [0, 0.1) is 11.6 Å². The Morgan fingerprint density at radius 3 is 2.62 bits per heavy atom. The molecule has 24 heavy (non-hydrogen) atoms. The molecule has 1 saturated heterocycles. The predicted octanol–water partition coefficient (Wildman–Crippen LogP) is 0.977. The van der Waals surface area contributed by atoms with Crippen molar-refractivity contribution >= 4 is 5.95 Å². The van der Waals surface area contributed by atoms with Gasteiger partial charge < -0.3 is 14.7 Å².